The number of nitrogens with zero attached hydrogens (tertiary/aromatic N) is 6. The van der Waals surface area contributed by atoms with Crippen LogP contribution in [-0.4, -0.2) is 58.6 Å². The Kier molecular flexibility index (Phi) is 9.23. The molecule has 3 N–H and O–H groups in total. The van der Waals surface area contributed by atoms with Crippen molar-refractivity contribution in [3.63, 3.8) is 0 Å². The summed E-state index contributed by atoms with van der Waals surface area (Å²) in [6, 6.07) is 11.2. The molecule has 0 amide bonds. The van der Waals surface area contributed by atoms with Crippen molar-refractivity contribution in [2.24, 2.45) is 15.2 Å². The number of allylic oxidation sites excluding steroid dienone is 1. The highest BCUT2D eigenvalue weighted by Gasteiger charge is 2.17. The highest BCUT2D eigenvalue weighted by Crippen LogP contribution is 2.29. The molecule has 4 rings (SSSR count). The minimum Gasteiger partial charge on any atom is -0.381 e. The van der Waals surface area contributed by atoms with Crippen molar-refractivity contribution in [3.05, 3.63) is 89.7 Å². The summed E-state index contributed by atoms with van der Waals surface area (Å²) in [5.41, 5.74) is 11.7. The number of hydrogen-bond acceptors (Lipinski definition) is 9. The number of aliphatic imine (C=N–C) groups is 1. The number of nitrogens with two attached hydrogens (primary N) is 1. The molecule has 2 aliphatic rings. The van der Waals surface area contributed by atoms with Gasteiger partial charge in [0.15, 0.2) is 11.6 Å². The number of halogens is 1. The molecule has 0 atom stereocenters. The molecule has 3 heterocycles. The van der Waals surface area contributed by atoms with Crippen LogP contribution in [-0.2, 0) is 0 Å². The first-order valence-corrected chi connectivity index (χ1v) is 13.0. The zero-order valence-corrected chi connectivity index (χ0v) is 21.7. The predicted octanol–water partition coefficient (Wildman–Crippen LogP) is 4.62. The predicted molar refractivity (Wildman–Crippen MR) is 151 cm³/mol. The largest absolute Gasteiger partial charge is 0.381 e. The van der Waals surface area contributed by atoms with E-state index in [1.807, 2.05) is 36.5 Å². The number of benzene rings is 1. The Morgan fingerprint density at radius 2 is 2.03 bits per heavy atom. The van der Waals surface area contributed by atoms with Crippen LogP contribution in [0.1, 0.15) is 25.3 Å². The van der Waals surface area contributed by atoms with Crippen LogP contribution in [0.25, 0.3) is 0 Å². The molecule has 192 valence electrons. The van der Waals surface area contributed by atoms with Crippen molar-refractivity contribution in [2.45, 2.75) is 24.7 Å². The van der Waals surface area contributed by atoms with E-state index in [4.69, 9.17) is 10.7 Å². The number of hydrogen-bond donors (Lipinski definition) is 2. The summed E-state index contributed by atoms with van der Waals surface area (Å²) in [4.78, 5) is 12.1. The normalized spacial score (nSPS) is 23.6. The molecule has 0 saturated carbocycles. The molecule has 1 aromatic heterocycles. The number of pyridine rings is 1. The molecular formula is C27H31FN8S. The minimum atomic E-state index is -0.614. The SMILES string of the molecule is C=C1/N=C(c2cnc(N)c(F)c2)\C=N/N(Sc2ccccc2)/C=C1/C1=C/CCN(CC)CCCN/N=C\1. The Hall–Kier alpha value is -3.76. The first-order chi connectivity index (χ1) is 18.0. The van der Waals surface area contributed by atoms with Crippen LogP contribution in [0, 0.1) is 5.82 Å². The molecule has 0 bridgehead atoms. The molecule has 0 saturated heterocycles. The molecule has 1 aromatic carbocycles. The lowest BCUT2D eigenvalue weighted by atomic mass is 10.0. The zero-order valence-electron chi connectivity index (χ0n) is 20.8. The molecule has 0 fully saturated rings. The molecule has 8 nitrogen and oxygen atoms in total. The van der Waals surface area contributed by atoms with E-state index in [2.05, 4.69) is 45.1 Å². The van der Waals surface area contributed by atoms with E-state index in [0.29, 0.717) is 17.0 Å². The van der Waals surface area contributed by atoms with Gasteiger partial charge in [0.1, 0.15) is 0 Å². The molecule has 2 aromatic rings. The fourth-order valence-corrected chi connectivity index (χ4v) is 4.54. The van der Waals surface area contributed by atoms with Gasteiger partial charge < -0.3 is 16.1 Å². The molecule has 2 aliphatic heterocycles. The fourth-order valence-electron chi connectivity index (χ4n) is 3.80. The number of nitrogens with one attached hydrogen (secondary N) is 1. The van der Waals surface area contributed by atoms with Gasteiger partial charge in [-0.15, -0.1) is 0 Å². The number of hydrazone groups is 2. The van der Waals surface area contributed by atoms with E-state index < -0.39 is 5.82 Å². The summed E-state index contributed by atoms with van der Waals surface area (Å²) >= 11 is 1.44. The van der Waals surface area contributed by atoms with E-state index in [9.17, 15) is 4.39 Å². The molecule has 0 spiro atoms. The third kappa shape index (κ3) is 7.37. The molecule has 0 aliphatic carbocycles. The highest BCUT2D eigenvalue weighted by molar-refractivity contribution is 7.97. The van der Waals surface area contributed by atoms with Gasteiger partial charge in [0.2, 0.25) is 0 Å². The second kappa shape index (κ2) is 13.0. The highest BCUT2D eigenvalue weighted by atomic mass is 32.2. The molecular weight excluding hydrogens is 487 g/mol. The molecule has 37 heavy (non-hydrogen) atoms. The summed E-state index contributed by atoms with van der Waals surface area (Å²) in [5, 5.41) is 9.08. The lowest BCUT2D eigenvalue weighted by Gasteiger charge is -2.20. The van der Waals surface area contributed by atoms with Gasteiger partial charge in [-0.05, 0) is 44.1 Å². The third-order valence-electron chi connectivity index (χ3n) is 5.83. The lowest BCUT2D eigenvalue weighted by Crippen LogP contribution is -2.27. The van der Waals surface area contributed by atoms with E-state index in [1.54, 1.807) is 16.8 Å². The second-order valence-corrected chi connectivity index (χ2v) is 9.46. The van der Waals surface area contributed by atoms with Crippen molar-refractivity contribution in [2.75, 3.05) is 31.9 Å². The van der Waals surface area contributed by atoms with Gasteiger partial charge in [-0.1, -0.05) is 37.8 Å². The smallest absolute Gasteiger partial charge is 0.165 e. The summed E-state index contributed by atoms with van der Waals surface area (Å²) in [6.45, 7) is 10.2. The molecule has 0 radical (unpaired) electrons. The first kappa shape index (κ1) is 26.3. The lowest BCUT2D eigenvalue weighted by molar-refractivity contribution is 0.289. The van der Waals surface area contributed by atoms with Crippen LogP contribution in [0.2, 0.25) is 0 Å². The van der Waals surface area contributed by atoms with Gasteiger partial charge in [-0.2, -0.15) is 10.2 Å². The van der Waals surface area contributed by atoms with Crippen molar-refractivity contribution in [3.8, 4) is 0 Å². The standard InChI is InChI=1S/C27H31FN8S/c1-3-35-13-7-9-21(17-32-31-12-8-14-35)24-19-36(37-23-10-5-4-6-11-23)33-18-26(34-20(24)2)22-15-25(28)27(29)30-16-22/h4-6,9-11,15-19,31H,2-3,7-8,12-14H2,1H3,(H2,29,30)/b21-9+,24-19+,32-17-,33-18-,34-26+. The van der Waals surface area contributed by atoms with E-state index in [0.717, 1.165) is 55.1 Å². The summed E-state index contributed by atoms with van der Waals surface area (Å²) in [5.74, 6) is -0.780. The number of rotatable bonds is 5. The van der Waals surface area contributed by atoms with Crippen LogP contribution in [0.5, 0.6) is 0 Å². The number of anilines is 1. The van der Waals surface area contributed by atoms with Crippen molar-refractivity contribution in [1.29, 1.82) is 0 Å². The van der Waals surface area contributed by atoms with Crippen molar-refractivity contribution >= 4 is 35.9 Å². The van der Waals surface area contributed by atoms with Crippen LogP contribution < -0.4 is 11.2 Å². The van der Waals surface area contributed by atoms with Gasteiger partial charge in [0.05, 0.1) is 23.8 Å². The topological polar surface area (TPSA) is 94.5 Å². The second-order valence-electron chi connectivity index (χ2n) is 8.43. The maximum Gasteiger partial charge on any atom is 0.165 e. The summed E-state index contributed by atoms with van der Waals surface area (Å²) in [6.07, 6.45) is 10.8. The van der Waals surface area contributed by atoms with Crippen molar-refractivity contribution in [1.82, 2.24) is 19.7 Å². The number of nitrogen functional groups attached to an aromatic ring is 1. The third-order valence-corrected chi connectivity index (χ3v) is 6.70. The Balaban J connectivity index is 1.74. The van der Waals surface area contributed by atoms with E-state index in [-0.39, 0.29) is 5.82 Å². The van der Waals surface area contributed by atoms with Gasteiger partial charge in [-0.3, -0.25) is 0 Å². The van der Waals surface area contributed by atoms with E-state index in [1.165, 1.54) is 24.2 Å². The van der Waals surface area contributed by atoms with Gasteiger partial charge in [0.25, 0.3) is 0 Å². The maximum absolute atomic E-state index is 14.2. The summed E-state index contributed by atoms with van der Waals surface area (Å²) in [7, 11) is 0. The van der Waals surface area contributed by atoms with Crippen LogP contribution in [0.15, 0.2) is 98.4 Å². The Labute approximate surface area is 221 Å². The van der Waals surface area contributed by atoms with Gasteiger partial charge in [0, 0.05) is 59.0 Å². The van der Waals surface area contributed by atoms with Crippen LogP contribution in [0.3, 0.4) is 0 Å². The first-order valence-electron chi connectivity index (χ1n) is 12.2. The Morgan fingerprint density at radius 1 is 1.19 bits per heavy atom. The molecule has 0 unspecified atom stereocenters. The average Bonchev–Trinajstić information content (AvgIpc) is 2.95. The van der Waals surface area contributed by atoms with Crippen molar-refractivity contribution < 1.29 is 4.39 Å². The fraction of sp³-hybridized carbons (Fsp3) is 0.259. The number of aromatic nitrogens is 1. The average molecular weight is 519 g/mol. The van der Waals surface area contributed by atoms with Gasteiger partial charge >= 0.3 is 0 Å². The van der Waals surface area contributed by atoms with Gasteiger partial charge in [-0.25, -0.2) is 18.8 Å². The van der Waals surface area contributed by atoms with Crippen LogP contribution >= 0.6 is 11.9 Å². The summed E-state index contributed by atoms with van der Waals surface area (Å²) < 4.78 is 16.0. The maximum atomic E-state index is 14.2. The zero-order chi connectivity index (χ0) is 26.0. The minimum absolute atomic E-state index is 0.166. The molecule has 10 heteroatoms. The van der Waals surface area contributed by atoms with E-state index >= 15 is 0 Å². The monoisotopic (exact) mass is 518 g/mol. The Morgan fingerprint density at radius 3 is 2.81 bits per heavy atom. The van der Waals surface area contributed by atoms with Crippen LogP contribution in [0.4, 0.5) is 10.2 Å². The Bertz CT molecular complexity index is 1250. The quantitative estimate of drug-likeness (QED) is 0.561.